The number of nitrogens with zero attached hydrogens (tertiary/aromatic N) is 1. The molecule has 0 bridgehead atoms. The number of alkyl halides is 2. The van der Waals surface area contributed by atoms with Gasteiger partial charge < -0.3 is 5.73 Å². The zero-order chi connectivity index (χ0) is 15.3. The predicted octanol–water partition coefficient (Wildman–Crippen LogP) is 3.62. The third-order valence-corrected chi connectivity index (χ3v) is 4.64. The van der Waals surface area contributed by atoms with Gasteiger partial charge in [0.05, 0.1) is 6.54 Å². The van der Waals surface area contributed by atoms with Crippen LogP contribution in [0.15, 0.2) is 30.3 Å². The number of hydrogen-bond acceptors (Lipinski definition) is 2. The lowest BCUT2D eigenvalue weighted by Crippen LogP contribution is -2.48. The number of hydrogen-bond donors (Lipinski definition) is 1. The SMILES string of the molecule is CCN(CC(F)(F)c1ccccc1)C1CCCCC1CN. The van der Waals surface area contributed by atoms with E-state index in [4.69, 9.17) is 5.73 Å². The van der Waals surface area contributed by atoms with Crippen LogP contribution in [0.3, 0.4) is 0 Å². The summed E-state index contributed by atoms with van der Waals surface area (Å²) in [5.74, 6) is -2.46. The van der Waals surface area contributed by atoms with E-state index in [-0.39, 0.29) is 18.2 Å². The highest BCUT2D eigenvalue weighted by Crippen LogP contribution is 2.33. The van der Waals surface area contributed by atoms with Crippen molar-refractivity contribution in [1.29, 1.82) is 0 Å². The Kier molecular flexibility index (Phi) is 5.71. The van der Waals surface area contributed by atoms with Crippen LogP contribution in [0.4, 0.5) is 8.78 Å². The summed E-state index contributed by atoms with van der Waals surface area (Å²) in [6.07, 6.45) is 4.34. The number of halogens is 2. The Morgan fingerprint density at radius 2 is 1.86 bits per heavy atom. The first-order chi connectivity index (χ1) is 10.1. The van der Waals surface area contributed by atoms with Crippen molar-refractivity contribution in [2.45, 2.75) is 44.6 Å². The van der Waals surface area contributed by atoms with Crippen molar-refractivity contribution >= 4 is 0 Å². The van der Waals surface area contributed by atoms with E-state index in [9.17, 15) is 8.78 Å². The highest BCUT2D eigenvalue weighted by atomic mass is 19.3. The molecular formula is C17H26F2N2. The van der Waals surface area contributed by atoms with Gasteiger partial charge in [-0.15, -0.1) is 0 Å². The van der Waals surface area contributed by atoms with E-state index < -0.39 is 5.92 Å². The zero-order valence-electron chi connectivity index (χ0n) is 12.8. The van der Waals surface area contributed by atoms with Crippen LogP contribution in [0, 0.1) is 5.92 Å². The van der Waals surface area contributed by atoms with Gasteiger partial charge in [-0.1, -0.05) is 50.1 Å². The topological polar surface area (TPSA) is 29.3 Å². The largest absolute Gasteiger partial charge is 0.330 e. The fourth-order valence-corrected chi connectivity index (χ4v) is 3.44. The molecule has 0 saturated heterocycles. The van der Waals surface area contributed by atoms with Gasteiger partial charge in [0.2, 0.25) is 0 Å². The Hall–Kier alpha value is -1.00. The fraction of sp³-hybridized carbons (Fsp3) is 0.647. The van der Waals surface area contributed by atoms with Gasteiger partial charge in [-0.25, -0.2) is 0 Å². The molecule has 2 atom stereocenters. The Balaban J connectivity index is 2.10. The van der Waals surface area contributed by atoms with Crippen LogP contribution in [0.25, 0.3) is 0 Å². The van der Waals surface area contributed by atoms with Gasteiger partial charge >= 0.3 is 0 Å². The molecule has 2 rings (SSSR count). The van der Waals surface area contributed by atoms with Crippen LogP contribution in [-0.4, -0.2) is 30.6 Å². The molecule has 0 aliphatic heterocycles. The van der Waals surface area contributed by atoms with Crippen molar-refractivity contribution in [3.05, 3.63) is 35.9 Å². The molecule has 1 aromatic carbocycles. The third kappa shape index (κ3) is 4.01. The summed E-state index contributed by atoms with van der Waals surface area (Å²) in [6, 6.07) is 8.32. The molecule has 21 heavy (non-hydrogen) atoms. The summed E-state index contributed by atoms with van der Waals surface area (Å²) in [6.45, 7) is 2.99. The van der Waals surface area contributed by atoms with Gasteiger partial charge in [0, 0.05) is 11.6 Å². The van der Waals surface area contributed by atoms with E-state index in [1.165, 1.54) is 18.6 Å². The monoisotopic (exact) mass is 296 g/mol. The fourth-order valence-electron chi connectivity index (χ4n) is 3.44. The Labute approximate surface area is 126 Å². The molecule has 2 N–H and O–H groups in total. The summed E-state index contributed by atoms with van der Waals surface area (Å²) < 4.78 is 29.0. The maximum absolute atomic E-state index is 14.5. The van der Waals surface area contributed by atoms with Crippen molar-refractivity contribution in [2.24, 2.45) is 11.7 Å². The first kappa shape index (κ1) is 16.4. The molecule has 1 aliphatic rings. The number of benzene rings is 1. The normalized spacial score (nSPS) is 23.5. The molecule has 4 heteroatoms. The summed E-state index contributed by atoms with van der Waals surface area (Å²) in [5, 5.41) is 0. The first-order valence-corrected chi connectivity index (χ1v) is 7.96. The van der Waals surface area contributed by atoms with E-state index in [0.717, 1.165) is 19.3 Å². The van der Waals surface area contributed by atoms with Crippen molar-refractivity contribution in [1.82, 2.24) is 4.90 Å². The van der Waals surface area contributed by atoms with E-state index in [0.29, 0.717) is 19.0 Å². The molecule has 0 aromatic heterocycles. The van der Waals surface area contributed by atoms with Crippen LogP contribution in [0.5, 0.6) is 0 Å². The maximum Gasteiger partial charge on any atom is 0.285 e. The van der Waals surface area contributed by atoms with Crippen molar-refractivity contribution in [3.63, 3.8) is 0 Å². The lowest BCUT2D eigenvalue weighted by atomic mass is 9.83. The molecule has 2 unspecified atom stereocenters. The first-order valence-electron chi connectivity index (χ1n) is 7.96. The smallest absolute Gasteiger partial charge is 0.285 e. The van der Waals surface area contributed by atoms with Crippen LogP contribution < -0.4 is 5.73 Å². The molecule has 1 saturated carbocycles. The molecule has 0 heterocycles. The number of likely N-dealkylation sites (N-methyl/N-ethyl adjacent to an activating group) is 1. The quantitative estimate of drug-likeness (QED) is 0.869. The molecule has 0 amide bonds. The molecule has 1 fully saturated rings. The van der Waals surface area contributed by atoms with E-state index in [1.54, 1.807) is 18.2 Å². The van der Waals surface area contributed by atoms with Gasteiger partial charge in [0.15, 0.2) is 0 Å². The Bertz CT molecular complexity index is 422. The average Bonchev–Trinajstić information content (AvgIpc) is 2.53. The molecule has 0 radical (unpaired) electrons. The standard InChI is InChI=1S/C17H26F2N2/c1-2-21(16-11-7-6-8-14(16)12-20)13-17(18,19)15-9-4-3-5-10-15/h3-5,9-10,14,16H,2,6-8,11-13,20H2,1H3. The maximum atomic E-state index is 14.5. The summed E-state index contributed by atoms with van der Waals surface area (Å²) in [4.78, 5) is 1.93. The molecule has 0 spiro atoms. The molecular weight excluding hydrogens is 270 g/mol. The van der Waals surface area contributed by atoms with E-state index in [2.05, 4.69) is 0 Å². The van der Waals surface area contributed by atoms with Gasteiger partial charge in [0.1, 0.15) is 0 Å². The highest BCUT2D eigenvalue weighted by Gasteiger charge is 2.37. The Morgan fingerprint density at radius 3 is 2.48 bits per heavy atom. The zero-order valence-corrected chi connectivity index (χ0v) is 12.8. The van der Waals surface area contributed by atoms with Crippen molar-refractivity contribution in [2.75, 3.05) is 19.6 Å². The van der Waals surface area contributed by atoms with Crippen LogP contribution in [0.1, 0.15) is 38.2 Å². The number of nitrogens with two attached hydrogens (primary N) is 1. The molecule has 1 aliphatic carbocycles. The molecule has 1 aromatic rings. The summed E-state index contributed by atoms with van der Waals surface area (Å²) in [5.41, 5.74) is 5.95. The van der Waals surface area contributed by atoms with Crippen molar-refractivity contribution < 1.29 is 8.78 Å². The van der Waals surface area contributed by atoms with Gasteiger partial charge in [0.25, 0.3) is 5.92 Å². The number of rotatable bonds is 6. The minimum Gasteiger partial charge on any atom is -0.330 e. The third-order valence-electron chi connectivity index (χ3n) is 4.64. The lowest BCUT2D eigenvalue weighted by molar-refractivity contribution is -0.0568. The van der Waals surface area contributed by atoms with Gasteiger partial charge in [-0.2, -0.15) is 8.78 Å². The van der Waals surface area contributed by atoms with Crippen molar-refractivity contribution in [3.8, 4) is 0 Å². The second kappa shape index (κ2) is 7.32. The predicted molar refractivity (Wildman–Crippen MR) is 82.4 cm³/mol. The average molecular weight is 296 g/mol. The van der Waals surface area contributed by atoms with E-state index in [1.807, 2.05) is 11.8 Å². The van der Waals surface area contributed by atoms with Gasteiger partial charge in [-0.3, -0.25) is 4.90 Å². The van der Waals surface area contributed by atoms with Crippen LogP contribution in [0.2, 0.25) is 0 Å². The minimum absolute atomic E-state index is 0.101. The lowest BCUT2D eigenvalue weighted by Gasteiger charge is -2.40. The van der Waals surface area contributed by atoms with E-state index >= 15 is 0 Å². The Morgan fingerprint density at radius 1 is 1.19 bits per heavy atom. The van der Waals surface area contributed by atoms with Gasteiger partial charge in [-0.05, 0) is 31.8 Å². The molecule has 2 nitrogen and oxygen atoms in total. The van der Waals surface area contributed by atoms with Crippen LogP contribution in [-0.2, 0) is 5.92 Å². The minimum atomic E-state index is -2.81. The summed E-state index contributed by atoms with van der Waals surface area (Å²) in [7, 11) is 0. The second-order valence-corrected chi connectivity index (χ2v) is 5.98. The molecule has 118 valence electrons. The van der Waals surface area contributed by atoms with Crippen LogP contribution >= 0.6 is 0 Å². The highest BCUT2D eigenvalue weighted by molar-refractivity contribution is 5.20. The second-order valence-electron chi connectivity index (χ2n) is 5.98. The summed E-state index contributed by atoms with van der Waals surface area (Å²) >= 11 is 0.